The second-order valence-corrected chi connectivity index (χ2v) is 7.71. The molecule has 29 heavy (non-hydrogen) atoms. The van der Waals surface area contributed by atoms with Crippen LogP contribution in [0.2, 0.25) is 0 Å². The van der Waals surface area contributed by atoms with Gasteiger partial charge in [0.05, 0.1) is 28.5 Å². The number of aryl methyl sites for hydroxylation is 1. The molecule has 3 aliphatic rings. The zero-order valence-corrected chi connectivity index (χ0v) is 15.5. The number of nitro benzene ring substituents is 1. The molecule has 1 aromatic carbocycles. The minimum Gasteiger partial charge on any atom is -0.455 e. The van der Waals surface area contributed by atoms with Crippen molar-refractivity contribution in [3.63, 3.8) is 0 Å². The van der Waals surface area contributed by atoms with Crippen molar-refractivity contribution >= 4 is 23.7 Å². The molecule has 1 saturated carbocycles. The second-order valence-electron chi connectivity index (χ2n) is 7.71. The van der Waals surface area contributed by atoms with Crippen molar-refractivity contribution in [2.45, 2.75) is 13.3 Å². The standard InChI is InChI=1S/C21H17N3O5/c1-11-2-6-15(16(8-11)24(27)28)17-7-5-14(29-17)10-22-23-20(25)18-12-3-4-13(9-12)19(18)21(23)26/h2-8,10,12-13,18-19H,9H2,1H3/b22-10+. The van der Waals surface area contributed by atoms with E-state index in [0.717, 1.165) is 17.0 Å². The number of hydrogen-bond acceptors (Lipinski definition) is 6. The Morgan fingerprint density at radius 2 is 1.83 bits per heavy atom. The Labute approximate surface area is 165 Å². The number of nitrogens with zero attached hydrogens (tertiary/aromatic N) is 3. The first-order chi connectivity index (χ1) is 13.9. The number of furan rings is 1. The van der Waals surface area contributed by atoms with Crippen molar-refractivity contribution in [1.82, 2.24) is 5.01 Å². The molecule has 0 spiro atoms. The van der Waals surface area contributed by atoms with E-state index >= 15 is 0 Å². The van der Waals surface area contributed by atoms with E-state index in [1.54, 1.807) is 31.2 Å². The van der Waals surface area contributed by atoms with Crippen LogP contribution in [0.15, 0.2) is 52.0 Å². The maximum absolute atomic E-state index is 12.6. The molecule has 1 saturated heterocycles. The third kappa shape index (κ3) is 2.63. The number of imide groups is 1. The van der Waals surface area contributed by atoms with Crippen LogP contribution in [0.4, 0.5) is 5.69 Å². The summed E-state index contributed by atoms with van der Waals surface area (Å²) in [7, 11) is 0. The number of amides is 2. The summed E-state index contributed by atoms with van der Waals surface area (Å²) in [4.78, 5) is 36.2. The third-order valence-electron chi connectivity index (χ3n) is 5.99. The maximum Gasteiger partial charge on any atom is 0.280 e. The zero-order chi connectivity index (χ0) is 20.3. The summed E-state index contributed by atoms with van der Waals surface area (Å²) in [6.45, 7) is 1.78. The molecule has 5 rings (SSSR count). The molecular weight excluding hydrogens is 374 g/mol. The highest BCUT2D eigenvalue weighted by Crippen LogP contribution is 2.52. The summed E-state index contributed by atoms with van der Waals surface area (Å²) in [5.74, 6) is -0.292. The number of carbonyl (C=O) groups excluding carboxylic acids is 2. The topological polar surface area (TPSA) is 106 Å². The van der Waals surface area contributed by atoms with E-state index in [0.29, 0.717) is 17.1 Å². The van der Waals surface area contributed by atoms with E-state index < -0.39 is 4.92 Å². The first kappa shape index (κ1) is 17.5. The van der Waals surface area contributed by atoms with E-state index in [9.17, 15) is 19.7 Å². The van der Waals surface area contributed by atoms with Gasteiger partial charge in [-0.15, -0.1) is 0 Å². The van der Waals surface area contributed by atoms with Crippen LogP contribution in [-0.4, -0.2) is 28.0 Å². The van der Waals surface area contributed by atoms with E-state index in [1.807, 2.05) is 12.2 Å². The van der Waals surface area contributed by atoms with Crippen molar-refractivity contribution in [2.24, 2.45) is 28.8 Å². The van der Waals surface area contributed by atoms with Crippen molar-refractivity contribution in [3.8, 4) is 11.3 Å². The summed E-state index contributed by atoms with van der Waals surface area (Å²) in [5, 5.41) is 16.3. The molecule has 2 aliphatic carbocycles. The highest BCUT2D eigenvalue weighted by Gasteiger charge is 2.59. The van der Waals surface area contributed by atoms with E-state index in [2.05, 4.69) is 5.10 Å². The quantitative estimate of drug-likeness (QED) is 0.261. The van der Waals surface area contributed by atoms with E-state index in [4.69, 9.17) is 4.42 Å². The Morgan fingerprint density at radius 1 is 1.14 bits per heavy atom. The summed E-state index contributed by atoms with van der Waals surface area (Å²) in [5.41, 5.74) is 1.07. The summed E-state index contributed by atoms with van der Waals surface area (Å²) >= 11 is 0. The Bertz CT molecular complexity index is 1090. The van der Waals surface area contributed by atoms with Gasteiger partial charge in [0.15, 0.2) is 0 Å². The molecular formula is C21H17N3O5. The van der Waals surface area contributed by atoms with Gasteiger partial charge in [0.25, 0.3) is 17.5 Å². The lowest BCUT2D eigenvalue weighted by Crippen LogP contribution is -2.28. The number of rotatable bonds is 4. The molecule has 2 amide bonds. The average molecular weight is 391 g/mol. The lowest BCUT2D eigenvalue weighted by Gasteiger charge is -2.13. The Hall–Kier alpha value is -3.55. The molecule has 0 radical (unpaired) electrons. The van der Waals surface area contributed by atoms with Gasteiger partial charge in [-0.05, 0) is 48.9 Å². The number of benzene rings is 1. The predicted octanol–water partition coefficient (Wildman–Crippen LogP) is 3.30. The molecule has 8 heteroatoms. The van der Waals surface area contributed by atoms with Gasteiger partial charge >= 0.3 is 0 Å². The molecule has 1 aliphatic heterocycles. The number of hydrogen-bond donors (Lipinski definition) is 0. The van der Waals surface area contributed by atoms with Gasteiger partial charge in [0.1, 0.15) is 11.5 Å². The summed E-state index contributed by atoms with van der Waals surface area (Å²) in [6.07, 6.45) is 6.21. The normalized spacial score (nSPS) is 27.4. The fourth-order valence-corrected chi connectivity index (χ4v) is 4.68. The zero-order valence-electron chi connectivity index (χ0n) is 15.5. The molecule has 0 N–H and O–H groups in total. The molecule has 2 heterocycles. The number of fused-ring (bicyclic) bond motifs is 5. The fraction of sp³-hybridized carbons (Fsp3) is 0.286. The molecule has 2 aromatic rings. The van der Waals surface area contributed by atoms with Crippen LogP contribution < -0.4 is 0 Å². The minimum absolute atomic E-state index is 0.0523. The SMILES string of the molecule is Cc1ccc(-c2ccc(/C=N/N3C(=O)C4C5C=CC(C5)C4C3=O)o2)c([N+](=O)[O-])c1. The van der Waals surface area contributed by atoms with E-state index in [-0.39, 0.29) is 41.2 Å². The second kappa shape index (κ2) is 6.23. The van der Waals surface area contributed by atoms with E-state index in [1.165, 1.54) is 12.3 Å². The smallest absolute Gasteiger partial charge is 0.280 e. The molecule has 8 nitrogen and oxygen atoms in total. The fourth-order valence-electron chi connectivity index (χ4n) is 4.68. The van der Waals surface area contributed by atoms with Gasteiger partial charge in [-0.1, -0.05) is 18.2 Å². The van der Waals surface area contributed by atoms with Crippen molar-refractivity contribution in [1.29, 1.82) is 0 Å². The van der Waals surface area contributed by atoms with Gasteiger partial charge in [-0.25, -0.2) is 0 Å². The van der Waals surface area contributed by atoms with Gasteiger partial charge in [0, 0.05) is 6.07 Å². The Morgan fingerprint density at radius 3 is 2.48 bits per heavy atom. The van der Waals surface area contributed by atoms with Gasteiger partial charge in [0.2, 0.25) is 0 Å². The molecule has 1 aromatic heterocycles. The van der Waals surface area contributed by atoms with Crippen LogP contribution in [0.1, 0.15) is 17.7 Å². The number of hydrazone groups is 1. The highest BCUT2D eigenvalue weighted by atomic mass is 16.6. The summed E-state index contributed by atoms with van der Waals surface area (Å²) in [6, 6.07) is 8.07. The summed E-state index contributed by atoms with van der Waals surface area (Å²) < 4.78 is 5.66. The monoisotopic (exact) mass is 391 g/mol. The number of allylic oxidation sites excluding steroid dienone is 2. The molecule has 2 fully saturated rings. The number of nitro groups is 1. The minimum atomic E-state index is -0.457. The Balaban J connectivity index is 1.39. The Kier molecular flexibility index (Phi) is 3.77. The predicted molar refractivity (Wildman–Crippen MR) is 103 cm³/mol. The third-order valence-corrected chi connectivity index (χ3v) is 5.99. The molecule has 2 bridgehead atoms. The van der Waals surface area contributed by atoms with Crippen LogP contribution in [-0.2, 0) is 9.59 Å². The van der Waals surface area contributed by atoms with Gasteiger partial charge in [-0.2, -0.15) is 10.1 Å². The average Bonchev–Trinajstić information content (AvgIpc) is 3.46. The van der Waals surface area contributed by atoms with Crippen molar-refractivity contribution < 1.29 is 18.9 Å². The maximum atomic E-state index is 12.6. The molecule has 4 atom stereocenters. The van der Waals surface area contributed by atoms with Crippen LogP contribution in [0.5, 0.6) is 0 Å². The first-order valence-electron chi connectivity index (χ1n) is 9.39. The lowest BCUT2D eigenvalue weighted by molar-refractivity contribution is -0.384. The number of carbonyl (C=O) groups is 2. The van der Waals surface area contributed by atoms with Crippen LogP contribution in [0, 0.1) is 40.7 Å². The van der Waals surface area contributed by atoms with Gasteiger partial charge < -0.3 is 4.42 Å². The molecule has 146 valence electrons. The highest BCUT2D eigenvalue weighted by molar-refractivity contribution is 6.06. The molecule has 4 unspecified atom stereocenters. The first-order valence-corrected chi connectivity index (χ1v) is 9.39. The van der Waals surface area contributed by atoms with Crippen LogP contribution in [0.25, 0.3) is 11.3 Å². The van der Waals surface area contributed by atoms with Crippen molar-refractivity contribution in [3.05, 3.63) is 63.9 Å². The van der Waals surface area contributed by atoms with Crippen LogP contribution >= 0.6 is 0 Å². The van der Waals surface area contributed by atoms with Crippen LogP contribution in [0.3, 0.4) is 0 Å². The van der Waals surface area contributed by atoms with Gasteiger partial charge in [-0.3, -0.25) is 19.7 Å². The lowest BCUT2D eigenvalue weighted by atomic mass is 9.85. The largest absolute Gasteiger partial charge is 0.455 e. The van der Waals surface area contributed by atoms with Crippen molar-refractivity contribution in [2.75, 3.05) is 0 Å².